The molecule has 0 aliphatic rings. The van der Waals surface area contributed by atoms with Crippen molar-refractivity contribution in [2.45, 2.75) is 13.5 Å². The molecule has 2 aromatic carbocycles. The fourth-order valence-corrected chi connectivity index (χ4v) is 2.60. The molecule has 0 saturated heterocycles. The summed E-state index contributed by atoms with van der Waals surface area (Å²) < 4.78 is 6.89. The number of pyridine rings is 1. The second kappa shape index (κ2) is 5.84. The van der Waals surface area contributed by atoms with Crippen LogP contribution >= 0.6 is 15.9 Å². The quantitative estimate of drug-likeness (QED) is 0.756. The lowest BCUT2D eigenvalue weighted by Crippen LogP contribution is -1.94. The van der Waals surface area contributed by atoms with Crippen molar-refractivity contribution in [2.24, 2.45) is 0 Å². The Bertz CT molecular complexity index is 802. The number of halogens is 1. The molecule has 0 unspecified atom stereocenters. The molecular weight excluding hydrogens is 330 g/mol. The van der Waals surface area contributed by atoms with Crippen molar-refractivity contribution >= 4 is 26.8 Å². The zero-order chi connectivity index (χ0) is 14.8. The third kappa shape index (κ3) is 2.91. The number of hydrogen-bond acceptors (Lipinski definition) is 3. The van der Waals surface area contributed by atoms with Gasteiger partial charge in [0.1, 0.15) is 11.3 Å². The molecular formula is C17H14BrNO2. The molecule has 21 heavy (non-hydrogen) atoms. The van der Waals surface area contributed by atoms with Crippen LogP contribution in [0, 0.1) is 6.92 Å². The molecule has 0 atom stereocenters. The van der Waals surface area contributed by atoms with Crippen LogP contribution in [-0.4, -0.2) is 10.1 Å². The smallest absolute Gasteiger partial charge is 0.153 e. The number of fused-ring (bicyclic) bond motifs is 1. The molecule has 0 bridgehead atoms. The van der Waals surface area contributed by atoms with Gasteiger partial charge in [0.15, 0.2) is 5.75 Å². The molecule has 1 N–H and O–H groups in total. The Morgan fingerprint density at radius 2 is 1.95 bits per heavy atom. The lowest BCUT2D eigenvalue weighted by Gasteiger charge is -2.12. The van der Waals surface area contributed by atoms with E-state index in [-0.39, 0.29) is 6.61 Å². The summed E-state index contributed by atoms with van der Waals surface area (Å²) in [6.07, 6.45) is 0. The highest BCUT2D eigenvalue weighted by molar-refractivity contribution is 9.10. The summed E-state index contributed by atoms with van der Waals surface area (Å²) in [6.45, 7) is 1.88. The van der Waals surface area contributed by atoms with Crippen molar-refractivity contribution in [2.75, 3.05) is 0 Å². The number of aryl methyl sites for hydroxylation is 1. The maximum absolute atomic E-state index is 9.46. The van der Waals surface area contributed by atoms with Crippen molar-refractivity contribution in [3.8, 4) is 11.5 Å². The van der Waals surface area contributed by atoms with Gasteiger partial charge in [-0.05, 0) is 37.3 Å². The molecule has 0 fully saturated rings. The van der Waals surface area contributed by atoms with Gasteiger partial charge >= 0.3 is 0 Å². The van der Waals surface area contributed by atoms with Crippen molar-refractivity contribution in [3.63, 3.8) is 0 Å². The first-order valence-corrected chi connectivity index (χ1v) is 7.40. The third-order valence-electron chi connectivity index (χ3n) is 3.24. The van der Waals surface area contributed by atoms with E-state index in [1.165, 1.54) is 0 Å². The van der Waals surface area contributed by atoms with Gasteiger partial charge in [0.05, 0.1) is 6.61 Å². The van der Waals surface area contributed by atoms with Crippen LogP contribution in [0.3, 0.4) is 0 Å². The first kappa shape index (κ1) is 14.0. The van der Waals surface area contributed by atoms with E-state index in [1.807, 2.05) is 55.5 Å². The second-order valence-electron chi connectivity index (χ2n) is 4.79. The Labute approximate surface area is 131 Å². The molecule has 4 heteroatoms. The molecule has 3 rings (SSSR count). The Morgan fingerprint density at radius 3 is 2.76 bits per heavy atom. The van der Waals surface area contributed by atoms with E-state index < -0.39 is 0 Å². The lowest BCUT2D eigenvalue weighted by atomic mass is 10.2. The normalized spacial score (nSPS) is 10.8. The van der Waals surface area contributed by atoms with Crippen LogP contribution in [0.25, 0.3) is 10.9 Å². The van der Waals surface area contributed by atoms with Crippen molar-refractivity contribution in [1.82, 2.24) is 4.98 Å². The number of benzene rings is 2. The van der Waals surface area contributed by atoms with Gasteiger partial charge < -0.3 is 9.84 Å². The number of aliphatic hydroxyl groups is 1. The van der Waals surface area contributed by atoms with Crippen LogP contribution in [0.2, 0.25) is 0 Å². The summed E-state index contributed by atoms with van der Waals surface area (Å²) in [5.41, 5.74) is 2.50. The Kier molecular flexibility index (Phi) is 3.90. The number of aliphatic hydroxyl groups excluding tert-OH is 1. The number of ether oxygens (including phenoxy) is 1. The van der Waals surface area contributed by atoms with E-state index in [9.17, 15) is 5.11 Å². The van der Waals surface area contributed by atoms with Gasteiger partial charge in [-0.1, -0.05) is 34.1 Å². The van der Waals surface area contributed by atoms with E-state index in [2.05, 4.69) is 20.9 Å². The molecule has 0 aliphatic carbocycles. The highest BCUT2D eigenvalue weighted by atomic mass is 79.9. The maximum atomic E-state index is 9.46. The summed E-state index contributed by atoms with van der Waals surface area (Å²) >= 11 is 3.39. The molecule has 3 nitrogen and oxygen atoms in total. The van der Waals surface area contributed by atoms with Crippen molar-refractivity contribution in [1.29, 1.82) is 0 Å². The third-order valence-corrected chi connectivity index (χ3v) is 3.73. The summed E-state index contributed by atoms with van der Waals surface area (Å²) in [5, 5.41) is 10.5. The number of aromatic nitrogens is 1. The average molecular weight is 344 g/mol. The largest absolute Gasteiger partial charge is 0.455 e. The molecule has 0 spiro atoms. The van der Waals surface area contributed by atoms with Crippen LogP contribution in [-0.2, 0) is 6.61 Å². The maximum Gasteiger partial charge on any atom is 0.153 e. The Morgan fingerprint density at radius 1 is 1.10 bits per heavy atom. The van der Waals surface area contributed by atoms with Gasteiger partial charge in [-0.3, -0.25) is 0 Å². The number of nitrogens with zero attached hydrogens (tertiary/aromatic N) is 1. The Hall–Kier alpha value is -1.91. The minimum Gasteiger partial charge on any atom is -0.455 e. The standard InChI is InChI=1S/C17H14BrNO2/c1-11-5-6-12-3-2-4-16(17(12)19-11)21-15-8-7-14(18)9-13(15)10-20/h2-9,20H,10H2,1H3. The van der Waals surface area contributed by atoms with Crippen LogP contribution in [0.1, 0.15) is 11.3 Å². The fraction of sp³-hybridized carbons (Fsp3) is 0.118. The summed E-state index contributed by atoms with van der Waals surface area (Å²) in [4.78, 5) is 4.55. The molecule has 1 heterocycles. The highest BCUT2D eigenvalue weighted by Crippen LogP contribution is 2.32. The van der Waals surface area contributed by atoms with Crippen LogP contribution in [0.15, 0.2) is 53.0 Å². The lowest BCUT2D eigenvalue weighted by molar-refractivity contribution is 0.276. The zero-order valence-corrected chi connectivity index (χ0v) is 13.1. The Balaban J connectivity index is 2.08. The predicted molar refractivity (Wildman–Crippen MR) is 86.6 cm³/mol. The molecule has 106 valence electrons. The first-order chi connectivity index (χ1) is 10.2. The van der Waals surface area contributed by atoms with Gasteiger partial charge in [0.2, 0.25) is 0 Å². The van der Waals surface area contributed by atoms with Gasteiger partial charge in [0.25, 0.3) is 0 Å². The highest BCUT2D eigenvalue weighted by Gasteiger charge is 2.09. The second-order valence-corrected chi connectivity index (χ2v) is 5.71. The number of para-hydroxylation sites is 1. The van der Waals surface area contributed by atoms with E-state index in [0.717, 1.165) is 26.6 Å². The first-order valence-electron chi connectivity index (χ1n) is 6.61. The minimum absolute atomic E-state index is 0.0774. The van der Waals surface area contributed by atoms with E-state index in [0.29, 0.717) is 11.5 Å². The zero-order valence-electron chi connectivity index (χ0n) is 11.5. The van der Waals surface area contributed by atoms with Crippen LogP contribution in [0.4, 0.5) is 0 Å². The van der Waals surface area contributed by atoms with E-state index in [4.69, 9.17) is 4.74 Å². The van der Waals surface area contributed by atoms with E-state index >= 15 is 0 Å². The van der Waals surface area contributed by atoms with Crippen LogP contribution < -0.4 is 4.74 Å². The molecule has 0 radical (unpaired) electrons. The fourth-order valence-electron chi connectivity index (χ4n) is 2.19. The van der Waals surface area contributed by atoms with Crippen LogP contribution in [0.5, 0.6) is 11.5 Å². The molecule has 0 amide bonds. The average Bonchev–Trinajstić information content (AvgIpc) is 2.49. The van der Waals surface area contributed by atoms with Crippen molar-refractivity contribution < 1.29 is 9.84 Å². The minimum atomic E-state index is -0.0774. The SMILES string of the molecule is Cc1ccc2cccc(Oc3ccc(Br)cc3CO)c2n1. The molecule has 0 aliphatic heterocycles. The predicted octanol–water partition coefficient (Wildman–Crippen LogP) is 4.59. The number of hydrogen-bond donors (Lipinski definition) is 1. The summed E-state index contributed by atoms with van der Waals surface area (Å²) in [5.74, 6) is 1.32. The summed E-state index contributed by atoms with van der Waals surface area (Å²) in [7, 11) is 0. The van der Waals surface area contributed by atoms with E-state index in [1.54, 1.807) is 0 Å². The topological polar surface area (TPSA) is 42.4 Å². The van der Waals surface area contributed by atoms with Crippen molar-refractivity contribution in [3.05, 3.63) is 64.3 Å². The van der Waals surface area contributed by atoms with Gasteiger partial charge in [-0.2, -0.15) is 0 Å². The number of rotatable bonds is 3. The van der Waals surface area contributed by atoms with Gasteiger partial charge in [0, 0.05) is 21.1 Å². The molecule has 3 aromatic rings. The summed E-state index contributed by atoms with van der Waals surface area (Å²) in [6, 6.07) is 15.4. The molecule has 0 saturated carbocycles. The molecule has 1 aromatic heterocycles. The van der Waals surface area contributed by atoms with Gasteiger partial charge in [-0.25, -0.2) is 4.98 Å². The monoisotopic (exact) mass is 343 g/mol. The van der Waals surface area contributed by atoms with Gasteiger partial charge in [-0.15, -0.1) is 0 Å².